The van der Waals surface area contributed by atoms with Gasteiger partial charge in [0.05, 0.1) is 0 Å². The van der Waals surface area contributed by atoms with Gasteiger partial charge in [0, 0.05) is 0 Å². The van der Waals surface area contributed by atoms with Gasteiger partial charge in [-0.05, 0) is 0 Å². The molecule has 2 aliphatic carbocycles. The van der Waals surface area contributed by atoms with Gasteiger partial charge in [0.2, 0.25) is 0 Å². The Balaban J connectivity index is 1.73. The van der Waals surface area contributed by atoms with Crippen LogP contribution in [0.2, 0.25) is 0 Å². The van der Waals surface area contributed by atoms with Crippen molar-refractivity contribution in [2.24, 2.45) is 5.41 Å². The molecule has 4 rings (SSSR count). The maximum atomic E-state index is 10.4. The topological polar surface area (TPSA) is 20.2 Å². The summed E-state index contributed by atoms with van der Waals surface area (Å²) >= 11 is -2.65. The second-order valence-electron chi connectivity index (χ2n) is 7.78. The summed E-state index contributed by atoms with van der Waals surface area (Å²) in [7, 11) is 12.2. The van der Waals surface area contributed by atoms with E-state index in [2.05, 4.69) is 79.8 Å². The Kier molecular flexibility index (Phi) is 5.82. The Morgan fingerprint density at radius 2 is 1.41 bits per heavy atom. The van der Waals surface area contributed by atoms with Crippen molar-refractivity contribution in [2.45, 2.75) is 35.4 Å². The van der Waals surface area contributed by atoms with E-state index in [1.807, 2.05) is 0 Å². The third-order valence-corrected chi connectivity index (χ3v) is 11.2. The molecule has 139 valence electrons. The molecule has 1 nitrogen and oxygen atoms in total. The molecule has 0 radical (unpaired) electrons. The quantitative estimate of drug-likeness (QED) is 0.495. The second kappa shape index (κ2) is 7.99. The SMILES string of the molecule is CC(CC[CH](O)[Zr]([Cl])[Cl])(C1C=Cc2ccccc21)C1C=Cc2ccccc21. The molecule has 0 aliphatic heterocycles. The number of benzene rings is 2. The predicted octanol–water partition coefficient (Wildman–Crippen LogP) is 6.64. The van der Waals surface area contributed by atoms with Crippen molar-refractivity contribution >= 4 is 29.2 Å². The van der Waals surface area contributed by atoms with Crippen LogP contribution in [0.1, 0.15) is 53.9 Å². The molecular weight excluding hydrogens is 454 g/mol. The van der Waals surface area contributed by atoms with Gasteiger partial charge in [-0.15, -0.1) is 0 Å². The van der Waals surface area contributed by atoms with E-state index >= 15 is 0 Å². The summed E-state index contributed by atoms with van der Waals surface area (Å²) in [5, 5.41) is 10.4. The van der Waals surface area contributed by atoms with Gasteiger partial charge in [-0.25, -0.2) is 0 Å². The zero-order valence-electron chi connectivity index (χ0n) is 15.3. The number of hydrogen-bond donors (Lipinski definition) is 1. The Bertz CT molecular complexity index is 828. The van der Waals surface area contributed by atoms with Gasteiger partial charge in [0.25, 0.3) is 0 Å². The molecule has 27 heavy (non-hydrogen) atoms. The van der Waals surface area contributed by atoms with Crippen molar-refractivity contribution in [3.8, 4) is 0 Å². The van der Waals surface area contributed by atoms with E-state index in [1.54, 1.807) is 0 Å². The predicted molar refractivity (Wildman–Crippen MR) is 111 cm³/mol. The third kappa shape index (κ3) is 3.67. The fourth-order valence-corrected chi connectivity index (χ4v) is 6.89. The minimum absolute atomic E-state index is 0.0560. The molecule has 0 saturated carbocycles. The van der Waals surface area contributed by atoms with Gasteiger partial charge in [-0.1, -0.05) is 0 Å². The summed E-state index contributed by atoms with van der Waals surface area (Å²) in [4.78, 5) is 0. The van der Waals surface area contributed by atoms with E-state index in [0.717, 1.165) is 6.42 Å². The van der Waals surface area contributed by atoms with E-state index in [4.69, 9.17) is 17.0 Å². The molecule has 0 saturated heterocycles. The molecule has 2 aromatic carbocycles. The van der Waals surface area contributed by atoms with Crippen LogP contribution >= 0.6 is 17.0 Å². The summed E-state index contributed by atoms with van der Waals surface area (Å²) < 4.78 is -0.517. The van der Waals surface area contributed by atoms with Crippen molar-refractivity contribution in [3.05, 3.63) is 82.9 Å². The number of allylic oxidation sites excluding steroid dienone is 2. The summed E-state index contributed by atoms with van der Waals surface area (Å²) in [6.07, 6.45) is 10.7. The zero-order valence-corrected chi connectivity index (χ0v) is 19.2. The van der Waals surface area contributed by atoms with Crippen LogP contribution in [0.5, 0.6) is 0 Å². The van der Waals surface area contributed by atoms with E-state index in [9.17, 15) is 5.11 Å². The van der Waals surface area contributed by atoms with E-state index in [1.165, 1.54) is 22.3 Å². The first-order chi connectivity index (χ1) is 13.0. The molecule has 1 N–H and O–H groups in total. The van der Waals surface area contributed by atoms with Gasteiger partial charge in [-0.2, -0.15) is 0 Å². The molecule has 0 spiro atoms. The zero-order chi connectivity index (χ0) is 19.0. The van der Waals surface area contributed by atoms with Crippen molar-refractivity contribution < 1.29 is 24.5 Å². The van der Waals surface area contributed by atoms with Crippen LogP contribution in [-0.4, -0.2) is 8.92 Å². The number of hydrogen-bond acceptors (Lipinski definition) is 1. The summed E-state index contributed by atoms with van der Waals surface area (Å²) in [6, 6.07) is 17.3. The van der Waals surface area contributed by atoms with E-state index < -0.39 is 23.2 Å². The van der Waals surface area contributed by atoms with Gasteiger partial charge >= 0.3 is 177 Å². The summed E-state index contributed by atoms with van der Waals surface area (Å²) in [6.45, 7) is 2.36. The van der Waals surface area contributed by atoms with Crippen LogP contribution in [0, 0.1) is 5.41 Å². The Hall–Kier alpha value is -0.657. The average Bonchev–Trinajstić information content (AvgIpc) is 3.30. The molecule has 0 amide bonds. The number of aliphatic hydroxyl groups excluding tert-OH is 1. The third-order valence-electron chi connectivity index (χ3n) is 6.23. The van der Waals surface area contributed by atoms with Crippen LogP contribution in [0.4, 0.5) is 0 Å². The van der Waals surface area contributed by atoms with Crippen molar-refractivity contribution in [2.75, 3.05) is 0 Å². The fourth-order valence-electron chi connectivity index (χ4n) is 4.71. The van der Waals surface area contributed by atoms with Crippen molar-refractivity contribution in [1.29, 1.82) is 0 Å². The molecule has 2 aromatic rings. The molecule has 3 atom stereocenters. The Morgan fingerprint density at radius 1 is 0.926 bits per heavy atom. The monoisotopic (exact) mass is 475 g/mol. The van der Waals surface area contributed by atoms with E-state index in [-0.39, 0.29) is 5.41 Å². The number of fused-ring (bicyclic) bond motifs is 2. The molecule has 0 bridgehead atoms. The average molecular weight is 478 g/mol. The van der Waals surface area contributed by atoms with Crippen molar-refractivity contribution in [1.82, 2.24) is 0 Å². The van der Waals surface area contributed by atoms with Gasteiger partial charge < -0.3 is 0 Å². The van der Waals surface area contributed by atoms with Crippen LogP contribution in [-0.2, 0) is 19.4 Å². The first-order valence-electron chi connectivity index (χ1n) is 9.41. The number of aliphatic hydroxyl groups is 1. The van der Waals surface area contributed by atoms with E-state index in [0.29, 0.717) is 18.3 Å². The minimum atomic E-state index is -2.65. The number of halogens is 2. The van der Waals surface area contributed by atoms with Crippen molar-refractivity contribution in [3.63, 3.8) is 0 Å². The fraction of sp³-hybridized carbons (Fsp3) is 0.304. The Labute approximate surface area is 176 Å². The summed E-state index contributed by atoms with van der Waals surface area (Å²) in [5.74, 6) is 0.610. The van der Waals surface area contributed by atoms with Gasteiger partial charge in [0.15, 0.2) is 0 Å². The Morgan fingerprint density at radius 3 is 1.89 bits per heavy atom. The van der Waals surface area contributed by atoms with Crippen LogP contribution < -0.4 is 0 Å². The first-order valence-corrected chi connectivity index (χ1v) is 17.2. The normalized spacial score (nSPS) is 23.0. The molecule has 0 heterocycles. The molecule has 0 aromatic heterocycles. The summed E-state index contributed by atoms with van der Waals surface area (Å²) in [5.41, 5.74) is 5.30. The first kappa shape index (κ1) is 19.7. The van der Waals surface area contributed by atoms with Crippen LogP contribution in [0.3, 0.4) is 0 Å². The van der Waals surface area contributed by atoms with Crippen LogP contribution in [0.25, 0.3) is 12.2 Å². The van der Waals surface area contributed by atoms with Gasteiger partial charge in [-0.3, -0.25) is 0 Å². The van der Waals surface area contributed by atoms with Crippen LogP contribution in [0.15, 0.2) is 60.7 Å². The standard InChI is InChI=1S/C23H23O.2ClH.Zr/c1-23(15-6-16-24,21-13-11-17-7-2-4-9-19(17)21)22-14-12-18-8-3-5-10-20(18)22;;;/h2-5,7-14,16,21-22,24H,6,15H2,1H3;2*1H;/q;;;+2/p-2. The maximum absolute atomic E-state index is 10.4. The number of rotatable bonds is 6. The van der Waals surface area contributed by atoms with Gasteiger partial charge in [0.1, 0.15) is 0 Å². The molecular formula is C23H23Cl2OZr. The molecule has 4 heteroatoms. The molecule has 3 unspecified atom stereocenters. The second-order valence-corrected chi connectivity index (χ2v) is 16.8. The molecule has 2 aliphatic rings. The molecule has 0 fully saturated rings.